The lowest BCUT2D eigenvalue weighted by molar-refractivity contribution is -0.124. The third kappa shape index (κ3) is 3.00. The van der Waals surface area contributed by atoms with E-state index in [1.54, 1.807) is 18.2 Å². The zero-order chi connectivity index (χ0) is 14.8. The lowest BCUT2D eigenvalue weighted by Crippen LogP contribution is -2.45. The molecule has 3 rings (SSSR count). The van der Waals surface area contributed by atoms with Gasteiger partial charge in [0.2, 0.25) is 11.8 Å². The summed E-state index contributed by atoms with van der Waals surface area (Å²) < 4.78 is 5.26. The Morgan fingerprint density at radius 3 is 2.90 bits per heavy atom. The van der Waals surface area contributed by atoms with Crippen molar-refractivity contribution in [3.63, 3.8) is 0 Å². The minimum absolute atomic E-state index is 0.0577. The van der Waals surface area contributed by atoms with Crippen LogP contribution in [0.5, 0.6) is 0 Å². The van der Waals surface area contributed by atoms with Gasteiger partial charge in [-0.1, -0.05) is 0 Å². The number of nitrogens with two attached hydrogens (primary N) is 1. The summed E-state index contributed by atoms with van der Waals surface area (Å²) in [7, 11) is 0. The van der Waals surface area contributed by atoms with Crippen molar-refractivity contribution in [3.05, 3.63) is 23.8 Å². The topological polar surface area (TPSA) is 84.7 Å². The first-order valence-electron chi connectivity index (χ1n) is 7.19. The number of hydrogen-bond acceptors (Lipinski definition) is 4. The average molecular weight is 289 g/mol. The average Bonchev–Trinajstić information content (AvgIpc) is 2.75. The summed E-state index contributed by atoms with van der Waals surface area (Å²) in [5.74, 6) is -0.183. The fourth-order valence-electron chi connectivity index (χ4n) is 2.84. The van der Waals surface area contributed by atoms with E-state index >= 15 is 0 Å². The smallest absolute Gasteiger partial charge is 0.240 e. The highest BCUT2D eigenvalue weighted by Crippen LogP contribution is 2.30. The van der Waals surface area contributed by atoms with Crippen molar-refractivity contribution in [1.82, 2.24) is 5.32 Å². The van der Waals surface area contributed by atoms with Crippen molar-refractivity contribution in [2.75, 3.05) is 30.4 Å². The van der Waals surface area contributed by atoms with E-state index in [0.717, 1.165) is 24.1 Å². The molecular formula is C15H19N3O3. The van der Waals surface area contributed by atoms with Gasteiger partial charge in [-0.05, 0) is 36.6 Å². The van der Waals surface area contributed by atoms with Gasteiger partial charge in [0.15, 0.2) is 0 Å². The third-order valence-electron chi connectivity index (χ3n) is 3.93. The quantitative estimate of drug-likeness (QED) is 0.791. The minimum atomic E-state index is -0.125. The first kappa shape index (κ1) is 13.9. The molecular weight excluding hydrogens is 270 g/mol. The van der Waals surface area contributed by atoms with Crippen LogP contribution in [0.15, 0.2) is 18.2 Å². The van der Waals surface area contributed by atoms with Crippen LogP contribution in [0.2, 0.25) is 0 Å². The predicted octanol–water partition coefficient (Wildman–Crippen LogP) is 0.453. The van der Waals surface area contributed by atoms with Crippen LogP contribution in [-0.2, 0) is 20.7 Å². The molecule has 0 bridgehead atoms. The van der Waals surface area contributed by atoms with Crippen molar-refractivity contribution >= 4 is 23.2 Å². The van der Waals surface area contributed by atoms with Gasteiger partial charge in [0.05, 0.1) is 6.42 Å². The van der Waals surface area contributed by atoms with Crippen LogP contribution in [0.25, 0.3) is 0 Å². The number of hydrogen-bond donors (Lipinski definition) is 2. The standard InChI is InChI=1S/C15H19N3O3/c16-11-1-2-13-10(7-11)8-15(20)18(13)9-14(19)17-12-3-5-21-6-4-12/h1-2,7,12H,3-6,8-9,16H2,(H,17,19). The van der Waals surface area contributed by atoms with E-state index in [-0.39, 0.29) is 24.4 Å². The Bertz CT molecular complexity index is 567. The molecule has 2 aliphatic rings. The summed E-state index contributed by atoms with van der Waals surface area (Å²) in [4.78, 5) is 25.7. The van der Waals surface area contributed by atoms with Gasteiger partial charge in [0, 0.05) is 30.6 Å². The number of rotatable bonds is 3. The molecule has 1 aromatic carbocycles. The molecule has 6 heteroatoms. The van der Waals surface area contributed by atoms with Crippen LogP contribution < -0.4 is 16.0 Å². The van der Waals surface area contributed by atoms with Crippen LogP contribution in [0.3, 0.4) is 0 Å². The predicted molar refractivity (Wildman–Crippen MR) is 78.9 cm³/mol. The molecule has 1 saturated heterocycles. The van der Waals surface area contributed by atoms with E-state index in [4.69, 9.17) is 10.5 Å². The molecule has 0 saturated carbocycles. The SMILES string of the molecule is Nc1ccc2c(c1)CC(=O)N2CC(=O)NC1CCOCC1. The minimum Gasteiger partial charge on any atom is -0.399 e. The first-order chi connectivity index (χ1) is 10.1. The van der Waals surface area contributed by atoms with Gasteiger partial charge >= 0.3 is 0 Å². The number of nitrogen functional groups attached to an aromatic ring is 1. The second-order valence-electron chi connectivity index (χ2n) is 5.50. The molecule has 1 fully saturated rings. The van der Waals surface area contributed by atoms with E-state index < -0.39 is 0 Å². The van der Waals surface area contributed by atoms with Crippen LogP contribution in [0.1, 0.15) is 18.4 Å². The van der Waals surface area contributed by atoms with E-state index in [0.29, 0.717) is 25.3 Å². The summed E-state index contributed by atoms with van der Waals surface area (Å²) in [6, 6.07) is 5.50. The Labute approximate surface area is 123 Å². The number of carbonyl (C=O) groups is 2. The summed E-state index contributed by atoms with van der Waals surface area (Å²) in [5.41, 5.74) is 8.04. The Morgan fingerprint density at radius 2 is 2.14 bits per heavy atom. The molecule has 3 N–H and O–H groups in total. The molecule has 0 aliphatic carbocycles. The molecule has 2 heterocycles. The van der Waals surface area contributed by atoms with Crippen LogP contribution in [0.4, 0.5) is 11.4 Å². The molecule has 6 nitrogen and oxygen atoms in total. The maximum atomic E-state index is 12.1. The maximum Gasteiger partial charge on any atom is 0.240 e. The Kier molecular flexibility index (Phi) is 3.79. The molecule has 0 spiro atoms. The third-order valence-corrected chi connectivity index (χ3v) is 3.93. The normalized spacial score (nSPS) is 18.7. The number of carbonyl (C=O) groups excluding carboxylic acids is 2. The number of anilines is 2. The van der Waals surface area contributed by atoms with Gasteiger partial charge in [-0.2, -0.15) is 0 Å². The maximum absolute atomic E-state index is 12.1. The summed E-state index contributed by atoms with van der Waals surface area (Å²) in [6.45, 7) is 1.42. The Balaban J connectivity index is 1.65. The summed E-state index contributed by atoms with van der Waals surface area (Å²) >= 11 is 0. The summed E-state index contributed by atoms with van der Waals surface area (Å²) in [6.07, 6.45) is 1.96. The fraction of sp³-hybridized carbons (Fsp3) is 0.467. The molecule has 0 atom stereocenters. The van der Waals surface area contributed by atoms with Gasteiger partial charge in [-0.15, -0.1) is 0 Å². The van der Waals surface area contributed by atoms with E-state index in [1.165, 1.54) is 4.90 Å². The van der Waals surface area contributed by atoms with Gasteiger partial charge in [0.25, 0.3) is 0 Å². The second-order valence-corrected chi connectivity index (χ2v) is 5.50. The van der Waals surface area contributed by atoms with Crippen LogP contribution in [0, 0.1) is 0 Å². The molecule has 21 heavy (non-hydrogen) atoms. The number of benzene rings is 1. The van der Waals surface area contributed by atoms with Crippen molar-refractivity contribution in [1.29, 1.82) is 0 Å². The van der Waals surface area contributed by atoms with Crippen molar-refractivity contribution in [2.24, 2.45) is 0 Å². The fourth-order valence-corrected chi connectivity index (χ4v) is 2.84. The number of ether oxygens (including phenoxy) is 1. The van der Waals surface area contributed by atoms with Crippen LogP contribution >= 0.6 is 0 Å². The van der Waals surface area contributed by atoms with Crippen molar-refractivity contribution in [3.8, 4) is 0 Å². The highest BCUT2D eigenvalue weighted by molar-refractivity contribution is 6.05. The number of fused-ring (bicyclic) bond motifs is 1. The zero-order valence-electron chi connectivity index (χ0n) is 11.8. The molecule has 0 aromatic heterocycles. The molecule has 0 unspecified atom stereocenters. The largest absolute Gasteiger partial charge is 0.399 e. The van der Waals surface area contributed by atoms with E-state index in [1.807, 2.05) is 0 Å². The molecule has 1 aromatic rings. The number of nitrogens with zero attached hydrogens (tertiary/aromatic N) is 1. The molecule has 112 valence electrons. The zero-order valence-corrected chi connectivity index (χ0v) is 11.8. The van der Waals surface area contributed by atoms with E-state index in [2.05, 4.69) is 5.32 Å². The monoisotopic (exact) mass is 289 g/mol. The van der Waals surface area contributed by atoms with Gasteiger partial charge in [0.1, 0.15) is 6.54 Å². The van der Waals surface area contributed by atoms with Crippen molar-refractivity contribution in [2.45, 2.75) is 25.3 Å². The van der Waals surface area contributed by atoms with E-state index in [9.17, 15) is 9.59 Å². The summed E-state index contributed by atoms with van der Waals surface area (Å²) in [5, 5.41) is 2.97. The molecule has 2 aliphatic heterocycles. The first-order valence-corrected chi connectivity index (χ1v) is 7.19. The Morgan fingerprint density at radius 1 is 1.38 bits per heavy atom. The number of nitrogens with one attached hydrogen (secondary N) is 1. The van der Waals surface area contributed by atoms with Crippen LogP contribution in [-0.4, -0.2) is 37.6 Å². The van der Waals surface area contributed by atoms with Gasteiger partial charge in [-0.25, -0.2) is 0 Å². The highest BCUT2D eigenvalue weighted by atomic mass is 16.5. The second kappa shape index (κ2) is 5.73. The lowest BCUT2D eigenvalue weighted by Gasteiger charge is -2.24. The van der Waals surface area contributed by atoms with Crippen molar-refractivity contribution < 1.29 is 14.3 Å². The highest BCUT2D eigenvalue weighted by Gasteiger charge is 2.29. The van der Waals surface area contributed by atoms with Gasteiger partial charge < -0.3 is 20.7 Å². The Hall–Kier alpha value is -2.08. The van der Waals surface area contributed by atoms with Gasteiger partial charge in [-0.3, -0.25) is 9.59 Å². The molecule has 0 radical (unpaired) electrons. The lowest BCUT2D eigenvalue weighted by atomic mass is 10.1. The number of amides is 2. The molecule has 2 amide bonds.